The molecule has 0 N–H and O–H groups in total. The van der Waals surface area contributed by atoms with E-state index in [2.05, 4.69) is 50.3 Å². The average molecular weight is 967 g/mol. The Morgan fingerprint density at radius 2 is 0.821 bits per heavy atom. The molecule has 0 heterocycles. The van der Waals surface area contributed by atoms with Crippen LogP contribution in [0.3, 0.4) is 0 Å². The van der Waals surface area contributed by atoms with Gasteiger partial charge in [-0.05, 0) is 70.6 Å². The number of hydrogen-bond acceptors (Lipinski definition) is 7. The van der Waals surface area contributed by atoms with Crippen LogP contribution in [0.2, 0.25) is 0 Å². The van der Waals surface area contributed by atoms with Crippen molar-refractivity contribution in [3.05, 3.63) is 36.5 Å². The fourth-order valence-electron chi connectivity index (χ4n) is 8.22. The summed E-state index contributed by atoms with van der Waals surface area (Å²) in [5.41, 5.74) is 0. The predicted octanol–water partition coefficient (Wildman–Crippen LogP) is 17.4. The molecule has 0 rings (SSSR count). The lowest BCUT2D eigenvalue weighted by Crippen LogP contribution is -2.37. The van der Waals surface area contributed by atoms with Crippen molar-refractivity contribution in [1.82, 2.24) is 0 Å². The highest BCUT2D eigenvalue weighted by molar-refractivity contribution is 7.45. The van der Waals surface area contributed by atoms with E-state index in [0.717, 1.165) is 38.5 Å². The molecule has 0 bridgehead atoms. The SMILES string of the molecule is CCCCC/C=C\C/C=C\CCCCCCCCCCCC(=O)OC(COCCCCCCCCCCCCCCCC/C=C\CCCCCCCCCC)COP(=O)([O-])OCC[N+](C)(C)C. The number of likely N-dealkylation sites (N-methyl/N-ethyl adjacent to an activating group) is 1. The van der Waals surface area contributed by atoms with Crippen LogP contribution in [0.4, 0.5) is 0 Å². The summed E-state index contributed by atoms with van der Waals surface area (Å²) in [4.78, 5) is 25.2. The second-order valence-electron chi connectivity index (χ2n) is 20.6. The van der Waals surface area contributed by atoms with Crippen molar-refractivity contribution in [3.8, 4) is 0 Å². The molecular formula is C58H112NO7P. The number of allylic oxidation sites excluding steroid dienone is 6. The van der Waals surface area contributed by atoms with Gasteiger partial charge in [0, 0.05) is 13.0 Å². The number of phosphoric ester groups is 1. The first-order chi connectivity index (χ1) is 32.6. The predicted molar refractivity (Wildman–Crippen MR) is 287 cm³/mol. The first-order valence-corrected chi connectivity index (χ1v) is 30.2. The number of esters is 1. The van der Waals surface area contributed by atoms with Crippen molar-refractivity contribution in [2.45, 2.75) is 277 Å². The number of hydrogen-bond donors (Lipinski definition) is 0. The standard InChI is InChI=1S/C58H112NO7P/c1-6-8-10-12-14-16-18-20-22-24-26-27-28-29-30-31-32-34-36-38-40-42-44-46-48-50-53-63-55-57(56-65-67(61,62)64-54-52-59(3,4)5)66-58(60)51-49-47-45-43-41-39-37-35-33-25-23-21-19-17-15-13-11-9-7-2/h15,17,21,23-24,26,57H,6-14,16,18-20,22,25,27-56H2,1-5H3/b17-15-,23-21-,26-24-. The third kappa shape index (κ3) is 55.5. The maximum atomic E-state index is 12.8. The van der Waals surface area contributed by atoms with Crippen molar-refractivity contribution in [2.75, 3.05) is 54.1 Å². The van der Waals surface area contributed by atoms with Crippen molar-refractivity contribution in [1.29, 1.82) is 0 Å². The van der Waals surface area contributed by atoms with Gasteiger partial charge in [0.2, 0.25) is 0 Å². The fraction of sp³-hybridized carbons (Fsp3) is 0.879. The van der Waals surface area contributed by atoms with Crippen LogP contribution < -0.4 is 4.89 Å². The maximum absolute atomic E-state index is 12.8. The molecule has 396 valence electrons. The normalized spacial score (nSPS) is 13.7. The minimum atomic E-state index is -4.53. The largest absolute Gasteiger partial charge is 0.756 e. The number of ether oxygens (including phenoxy) is 2. The van der Waals surface area contributed by atoms with Crippen LogP contribution in [0.25, 0.3) is 0 Å². The smallest absolute Gasteiger partial charge is 0.306 e. The fourth-order valence-corrected chi connectivity index (χ4v) is 8.95. The van der Waals surface area contributed by atoms with Gasteiger partial charge in [-0.15, -0.1) is 0 Å². The first kappa shape index (κ1) is 65.7. The van der Waals surface area contributed by atoms with E-state index in [1.54, 1.807) is 0 Å². The second-order valence-corrected chi connectivity index (χ2v) is 22.1. The molecule has 0 spiro atoms. The van der Waals surface area contributed by atoms with Crippen LogP contribution in [0.5, 0.6) is 0 Å². The van der Waals surface area contributed by atoms with Crippen molar-refractivity contribution >= 4 is 13.8 Å². The molecular weight excluding hydrogens is 854 g/mol. The highest BCUT2D eigenvalue weighted by Crippen LogP contribution is 2.38. The Balaban J connectivity index is 4.04. The number of rotatable bonds is 54. The van der Waals surface area contributed by atoms with Gasteiger partial charge in [-0.3, -0.25) is 9.36 Å². The Hall–Kier alpha value is -1.28. The van der Waals surface area contributed by atoms with E-state index in [-0.39, 0.29) is 25.8 Å². The van der Waals surface area contributed by atoms with Crippen LogP contribution in [0.1, 0.15) is 271 Å². The zero-order chi connectivity index (χ0) is 49.0. The molecule has 9 heteroatoms. The summed E-state index contributed by atoms with van der Waals surface area (Å²) in [6.07, 6.45) is 63.3. The van der Waals surface area contributed by atoms with Gasteiger partial charge >= 0.3 is 5.97 Å². The number of unbranched alkanes of at least 4 members (excludes halogenated alkanes) is 34. The van der Waals surface area contributed by atoms with Gasteiger partial charge in [-0.2, -0.15) is 0 Å². The third-order valence-corrected chi connectivity index (χ3v) is 13.6. The van der Waals surface area contributed by atoms with E-state index in [0.29, 0.717) is 24.1 Å². The van der Waals surface area contributed by atoms with Crippen LogP contribution in [-0.2, 0) is 27.9 Å². The Morgan fingerprint density at radius 1 is 0.463 bits per heavy atom. The second kappa shape index (κ2) is 51.1. The van der Waals surface area contributed by atoms with E-state index in [1.165, 1.54) is 212 Å². The van der Waals surface area contributed by atoms with Gasteiger partial charge in [-0.25, -0.2) is 0 Å². The Bertz CT molecular complexity index is 1170. The number of carbonyl (C=O) groups excluding carboxylic acids is 1. The number of quaternary nitrogens is 1. The molecule has 8 nitrogen and oxygen atoms in total. The lowest BCUT2D eigenvalue weighted by molar-refractivity contribution is -0.870. The molecule has 2 atom stereocenters. The molecule has 0 aromatic carbocycles. The van der Waals surface area contributed by atoms with Gasteiger partial charge in [-0.1, -0.05) is 230 Å². The maximum Gasteiger partial charge on any atom is 0.306 e. The van der Waals surface area contributed by atoms with Gasteiger partial charge in [0.1, 0.15) is 19.3 Å². The van der Waals surface area contributed by atoms with Gasteiger partial charge in [0.25, 0.3) is 7.82 Å². The molecule has 67 heavy (non-hydrogen) atoms. The summed E-state index contributed by atoms with van der Waals surface area (Å²) in [6.45, 7) is 5.43. The van der Waals surface area contributed by atoms with Crippen LogP contribution in [-0.4, -0.2) is 70.7 Å². The Kier molecular flexibility index (Phi) is 50.1. The van der Waals surface area contributed by atoms with Crippen molar-refractivity contribution < 1.29 is 37.3 Å². The molecule has 0 aliphatic heterocycles. The van der Waals surface area contributed by atoms with Crippen molar-refractivity contribution in [2.24, 2.45) is 0 Å². The average Bonchev–Trinajstić information content (AvgIpc) is 3.29. The van der Waals surface area contributed by atoms with Crippen molar-refractivity contribution in [3.63, 3.8) is 0 Å². The van der Waals surface area contributed by atoms with Crippen LogP contribution >= 0.6 is 7.82 Å². The lowest BCUT2D eigenvalue weighted by Gasteiger charge is -2.28. The van der Waals surface area contributed by atoms with E-state index < -0.39 is 13.9 Å². The molecule has 0 aliphatic carbocycles. The topological polar surface area (TPSA) is 94.1 Å². The molecule has 0 amide bonds. The number of nitrogens with zero attached hydrogens (tertiary/aromatic N) is 1. The Morgan fingerprint density at radius 3 is 1.25 bits per heavy atom. The van der Waals surface area contributed by atoms with E-state index in [1.807, 2.05) is 21.1 Å². The summed E-state index contributed by atoms with van der Waals surface area (Å²) < 4.78 is 34.8. The highest BCUT2D eigenvalue weighted by atomic mass is 31.2. The van der Waals surface area contributed by atoms with Gasteiger partial charge in [0.15, 0.2) is 0 Å². The minimum Gasteiger partial charge on any atom is -0.756 e. The highest BCUT2D eigenvalue weighted by Gasteiger charge is 2.20. The molecule has 2 unspecified atom stereocenters. The molecule has 0 saturated carbocycles. The van der Waals surface area contributed by atoms with Gasteiger partial charge < -0.3 is 27.9 Å². The van der Waals surface area contributed by atoms with Gasteiger partial charge in [0.05, 0.1) is 34.4 Å². The summed E-state index contributed by atoms with van der Waals surface area (Å²) in [7, 11) is 1.36. The summed E-state index contributed by atoms with van der Waals surface area (Å²) in [5, 5.41) is 0. The molecule has 0 fully saturated rings. The Labute approximate surface area is 416 Å². The number of carbonyl (C=O) groups is 1. The van der Waals surface area contributed by atoms with E-state index in [9.17, 15) is 14.3 Å². The monoisotopic (exact) mass is 966 g/mol. The lowest BCUT2D eigenvalue weighted by atomic mass is 10.0. The zero-order valence-corrected chi connectivity index (χ0v) is 46.0. The van der Waals surface area contributed by atoms with Crippen LogP contribution in [0, 0.1) is 0 Å². The summed E-state index contributed by atoms with van der Waals surface area (Å²) >= 11 is 0. The molecule has 0 aliphatic rings. The zero-order valence-electron chi connectivity index (χ0n) is 45.1. The summed E-state index contributed by atoms with van der Waals surface area (Å²) in [6, 6.07) is 0. The quantitative estimate of drug-likeness (QED) is 0.0197. The minimum absolute atomic E-state index is 0.0263. The number of phosphoric acid groups is 1. The molecule has 0 radical (unpaired) electrons. The first-order valence-electron chi connectivity index (χ1n) is 28.7. The molecule has 0 saturated heterocycles. The third-order valence-electron chi connectivity index (χ3n) is 12.7. The van der Waals surface area contributed by atoms with E-state index >= 15 is 0 Å². The summed E-state index contributed by atoms with van der Waals surface area (Å²) in [5.74, 6) is -0.334. The molecule has 0 aromatic heterocycles. The van der Waals surface area contributed by atoms with E-state index in [4.69, 9.17) is 18.5 Å². The molecule has 0 aromatic rings. The van der Waals surface area contributed by atoms with Crippen LogP contribution in [0.15, 0.2) is 36.5 Å².